The van der Waals surface area contributed by atoms with Crippen LogP contribution in [0.15, 0.2) is 36.4 Å². The number of anilines is 1. The minimum Gasteiger partial charge on any atom is -0.493 e. The van der Waals surface area contributed by atoms with Crippen LogP contribution in [0.2, 0.25) is 0 Å². The van der Waals surface area contributed by atoms with Gasteiger partial charge >= 0.3 is 12.1 Å². The molecule has 9 nitrogen and oxygen atoms in total. The van der Waals surface area contributed by atoms with E-state index in [1.54, 1.807) is 43.4 Å². The largest absolute Gasteiger partial charge is 0.493 e. The van der Waals surface area contributed by atoms with Crippen molar-refractivity contribution >= 4 is 23.7 Å². The third-order valence-electron chi connectivity index (χ3n) is 5.33. The molecule has 0 saturated heterocycles. The van der Waals surface area contributed by atoms with E-state index in [2.05, 4.69) is 5.32 Å². The molecule has 31 heavy (non-hydrogen) atoms. The van der Waals surface area contributed by atoms with Gasteiger partial charge in [0.05, 0.1) is 34.5 Å². The van der Waals surface area contributed by atoms with E-state index in [0.29, 0.717) is 33.9 Å². The summed E-state index contributed by atoms with van der Waals surface area (Å²) >= 11 is 0. The van der Waals surface area contributed by atoms with Crippen LogP contribution >= 0.6 is 0 Å². The second-order valence-electron chi connectivity index (χ2n) is 6.86. The maximum absolute atomic E-state index is 13.3. The number of nitrogens with zero attached hydrogens (tertiary/aromatic N) is 1. The Hall–Kier alpha value is -3.75. The fourth-order valence-corrected chi connectivity index (χ4v) is 3.85. The van der Waals surface area contributed by atoms with Crippen molar-refractivity contribution in [2.24, 2.45) is 0 Å². The standard InChI is InChI=1S/C22H24N2O7/c1-24-19(12-8-6-7-9-15(12)23-22(27)31-5)18(21(26)30-4)13-10-16(28-2)17(29-3)11-14(13)20(24)25/h6-11,18-19H,1-5H3,(H,23,27)/t18-,19+/m0/s1. The van der Waals surface area contributed by atoms with E-state index in [1.165, 1.54) is 33.3 Å². The molecular formula is C22H24N2O7. The van der Waals surface area contributed by atoms with Gasteiger partial charge in [-0.15, -0.1) is 0 Å². The van der Waals surface area contributed by atoms with E-state index in [9.17, 15) is 14.4 Å². The molecule has 9 heteroatoms. The van der Waals surface area contributed by atoms with Gasteiger partial charge in [-0.05, 0) is 29.3 Å². The Morgan fingerprint density at radius 1 is 0.935 bits per heavy atom. The second kappa shape index (κ2) is 8.95. The number of likely N-dealkylation sites (N-methyl/N-ethyl adjacent to an activating group) is 1. The summed E-state index contributed by atoms with van der Waals surface area (Å²) in [6.45, 7) is 0. The van der Waals surface area contributed by atoms with Gasteiger partial charge in [0.1, 0.15) is 5.92 Å². The van der Waals surface area contributed by atoms with Crippen molar-refractivity contribution in [2.45, 2.75) is 12.0 Å². The van der Waals surface area contributed by atoms with E-state index < -0.39 is 24.0 Å². The van der Waals surface area contributed by atoms with Crippen LogP contribution in [-0.4, -0.2) is 58.4 Å². The number of methoxy groups -OCH3 is 4. The first-order chi connectivity index (χ1) is 14.9. The number of carbonyl (C=O) groups excluding carboxylic acids is 3. The van der Waals surface area contributed by atoms with E-state index in [1.807, 2.05) is 0 Å². The molecule has 0 saturated carbocycles. The van der Waals surface area contributed by atoms with Gasteiger partial charge in [-0.2, -0.15) is 0 Å². The summed E-state index contributed by atoms with van der Waals surface area (Å²) in [6, 6.07) is 9.31. The van der Waals surface area contributed by atoms with Crippen molar-refractivity contribution in [1.29, 1.82) is 0 Å². The molecule has 1 heterocycles. The average Bonchev–Trinajstić information content (AvgIpc) is 2.80. The van der Waals surface area contributed by atoms with Gasteiger partial charge in [0.15, 0.2) is 11.5 Å². The number of hydrogen-bond donors (Lipinski definition) is 1. The van der Waals surface area contributed by atoms with Gasteiger partial charge in [-0.1, -0.05) is 18.2 Å². The predicted octanol–water partition coefficient (Wildman–Crippen LogP) is 2.97. The van der Waals surface area contributed by atoms with Crippen LogP contribution < -0.4 is 14.8 Å². The molecule has 0 spiro atoms. The molecule has 164 valence electrons. The van der Waals surface area contributed by atoms with E-state index >= 15 is 0 Å². The number of fused-ring (bicyclic) bond motifs is 1. The zero-order valence-corrected chi connectivity index (χ0v) is 17.9. The average molecular weight is 428 g/mol. The molecule has 2 aromatic carbocycles. The van der Waals surface area contributed by atoms with Gasteiger partial charge in [0, 0.05) is 18.3 Å². The molecule has 0 fully saturated rings. The molecule has 2 atom stereocenters. The number of hydrogen-bond acceptors (Lipinski definition) is 7. The summed E-state index contributed by atoms with van der Waals surface area (Å²) < 4.78 is 20.5. The van der Waals surface area contributed by atoms with Crippen molar-refractivity contribution in [3.8, 4) is 11.5 Å². The van der Waals surface area contributed by atoms with Gasteiger partial charge in [0.2, 0.25) is 0 Å². The van der Waals surface area contributed by atoms with Crippen LogP contribution in [-0.2, 0) is 14.3 Å². The summed E-state index contributed by atoms with van der Waals surface area (Å²) in [5.41, 5.74) is 1.73. The molecule has 0 aromatic heterocycles. The minimum absolute atomic E-state index is 0.310. The SMILES string of the molecule is COC(=O)Nc1ccccc1[C@@H]1[C@@H](C(=O)OC)c2cc(OC)c(OC)cc2C(=O)N1C. The Morgan fingerprint density at radius 2 is 1.58 bits per heavy atom. The lowest BCUT2D eigenvalue weighted by Crippen LogP contribution is -2.43. The van der Waals surface area contributed by atoms with Crippen LogP contribution in [0.25, 0.3) is 0 Å². The fourth-order valence-electron chi connectivity index (χ4n) is 3.85. The molecule has 0 radical (unpaired) electrons. The first-order valence-corrected chi connectivity index (χ1v) is 9.42. The maximum Gasteiger partial charge on any atom is 0.411 e. The lowest BCUT2D eigenvalue weighted by molar-refractivity contribution is -0.144. The monoisotopic (exact) mass is 428 g/mol. The quantitative estimate of drug-likeness (QED) is 0.730. The van der Waals surface area contributed by atoms with Crippen LogP contribution in [0.4, 0.5) is 10.5 Å². The second-order valence-corrected chi connectivity index (χ2v) is 6.86. The number of esters is 1. The third-order valence-corrected chi connectivity index (χ3v) is 5.33. The van der Waals surface area contributed by atoms with E-state index in [4.69, 9.17) is 18.9 Å². The summed E-state index contributed by atoms with van der Waals surface area (Å²) in [7, 11) is 7.07. The summed E-state index contributed by atoms with van der Waals surface area (Å²) in [6.07, 6.45) is -0.668. The van der Waals surface area contributed by atoms with E-state index in [0.717, 1.165) is 0 Å². The number of rotatable bonds is 5. The summed E-state index contributed by atoms with van der Waals surface area (Å²) in [4.78, 5) is 39.5. The fraction of sp³-hybridized carbons (Fsp3) is 0.318. The highest BCUT2D eigenvalue weighted by molar-refractivity contribution is 6.01. The smallest absolute Gasteiger partial charge is 0.411 e. The Kier molecular flexibility index (Phi) is 6.33. The van der Waals surface area contributed by atoms with Crippen LogP contribution in [0, 0.1) is 0 Å². The number of nitrogens with one attached hydrogen (secondary N) is 1. The molecule has 0 bridgehead atoms. The Balaban J connectivity index is 2.24. The number of para-hydroxylation sites is 1. The Labute approximate surface area is 179 Å². The normalized spacial score (nSPS) is 17.5. The van der Waals surface area contributed by atoms with Gasteiger partial charge in [0.25, 0.3) is 5.91 Å². The topological polar surface area (TPSA) is 103 Å². The highest BCUT2D eigenvalue weighted by atomic mass is 16.5. The molecule has 3 rings (SSSR count). The molecule has 2 aromatic rings. The summed E-state index contributed by atoms with van der Waals surface area (Å²) in [5.74, 6) is -0.965. The van der Waals surface area contributed by atoms with E-state index in [-0.39, 0.29) is 5.91 Å². The lowest BCUT2D eigenvalue weighted by Gasteiger charge is -2.40. The van der Waals surface area contributed by atoms with Crippen molar-refractivity contribution in [1.82, 2.24) is 4.90 Å². The minimum atomic E-state index is -0.872. The molecule has 2 amide bonds. The number of ether oxygens (including phenoxy) is 4. The Bertz CT molecular complexity index is 1020. The van der Waals surface area contributed by atoms with Crippen molar-refractivity contribution in [3.63, 3.8) is 0 Å². The van der Waals surface area contributed by atoms with Crippen molar-refractivity contribution in [2.75, 3.05) is 40.8 Å². The van der Waals surface area contributed by atoms with Crippen LogP contribution in [0.3, 0.4) is 0 Å². The number of benzene rings is 2. The molecule has 1 N–H and O–H groups in total. The van der Waals surface area contributed by atoms with Gasteiger partial charge in [-0.3, -0.25) is 14.9 Å². The van der Waals surface area contributed by atoms with Crippen LogP contribution in [0.1, 0.15) is 33.4 Å². The highest BCUT2D eigenvalue weighted by Gasteiger charge is 2.45. The zero-order chi connectivity index (χ0) is 22.7. The third kappa shape index (κ3) is 3.86. The molecule has 1 aliphatic rings. The maximum atomic E-state index is 13.3. The highest BCUT2D eigenvalue weighted by Crippen LogP contribution is 2.47. The lowest BCUT2D eigenvalue weighted by atomic mass is 9.79. The Morgan fingerprint density at radius 3 is 2.19 bits per heavy atom. The first-order valence-electron chi connectivity index (χ1n) is 9.42. The van der Waals surface area contributed by atoms with Gasteiger partial charge in [-0.25, -0.2) is 4.79 Å². The number of amides is 2. The summed E-state index contributed by atoms with van der Waals surface area (Å²) in [5, 5.41) is 2.64. The van der Waals surface area contributed by atoms with Crippen LogP contribution in [0.5, 0.6) is 11.5 Å². The zero-order valence-electron chi connectivity index (χ0n) is 17.9. The molecule has 1 aliphatic heterocycles. The molecule has 0 aliphatic carbocycles. The van der Waals surface area contributed by atoms with Crippen molar-refractivity contribution < 1.29 is 33.3 Å². The molecular weight excluding hydrogens is 404 g/mol. The predicted molar refractivity (Wildman–Crippen MR) is 112 cm³/mol. The van der Waals surface area contributed by atoms with Crippen molar-refractivity contribution in [3.05, 3.63) is 53.1 Å². The molecule has 0 unspecified atom stereocenters. The van der Waals surface area contributed by atoms with Gasteiger partial charge < -0.3 is 23.8 Å². The number of carbonyl (C=O) groups is 3. The first kappa shape index (κ1) is 21.9.